The van der Waals surface area contributed by atoms with Crippen molar-refractivity contribution in [2.75, 3.05) is 21.8 Å². The fourth-order valence-electron chi connectivity index (χ4n) is 2.97. The molecule has 2 aromatic rings. The minimum Gasteiger partial charge on any atom is -0.280 e. The molecule has 8 heteroatoms. The quantitative estimate of drug-likeness (QED) is 0.883. The van der Waals surface area contributed by atoms with Crippen LogP contribution in [0.25, 0.3) is 0 Å². The summed E-state index contributed by atoms with van der Waals surface area (Å²) in [5.41, 5.74) is 2.72. The van der Waals surface area contributed by atoms with E-state index in [1.54, 1.807) is 36.4 Å². The highest BCUT2D eigenvalue weighted by atomic mass is 32.2. The number of rotatable bonds is 4. The zero-order valence-corrected chi connectivity index (χ0v) is 15.7. The van der Waals surface area contributed by atoms with E-state index in [2.05, 4.69) is 4.72 Å². The van der Waals surface area contributed by atoms with Crippen LogP contribution in [0.2, 0.25) is 0 Å². The van der Waals surface area contributed by atoms with Gasteiger partial charge in [-0.15, -0.1) is 0 Å². The highest BCUT2D eigenvalue weighted by molar-refractivity contribution is 7.92. The van der Waals surface area contributed by atoms with Gasteiger partial charge in [0.2, 0.25) is 10.0 Å². The molecule has 1 aliphatic heterocycles. The van der Waals surface area contributed by atoms with E-state index in [4.69, 9.17) is 0 Å². The van der Waals surface area contributed by atoms with Crippen LogP contribution in [-0.4, -0.2) is 29.6 Å². The van der Waals surface area contributed by atoms with Crippen LogP contribution in [0, 0.1) is 6.92 Å². The molecule has 0 radical (unpaired) electrons. The van der Waals surface area contributed by atoms with Gasteiger partial charge >= 0.3 is 0 Å². The van der Waals surface area contributed by atoms with Crippen LogP contribution >= 0.6 is 0 Å². The molecule has 0 unspecified atom stereocenters. The molecule has 0 saturated carbocycles. The highest BCUT2D eigenvalue weighted by Gasteiger charge is 2.24. The van der Waals surface area contributed by atoms with Crippen molar-refractivity contribution in [2.45, 2.75) is 24.7 Å². The number of sulfonamides is 2. The van der Waals surface area contributed by atoms with Crippen molar-refractivity contribution in [3.63, 3.8) is 0 Å². The lowest BCUT2D eigenvalue weighted by atomic mass is 10.0. The van der Waals surface area contributed by atoms with Gasteiger partial charge in [-0.25, -0.2) is 16.8 Å². The van der Waals surface area contributed by atoms with Crippen LogP contribution < -0.4 is 9.03 Å². The zero-order valence-electron chi connectivity index (χ0n) is 14.1. The average Bonchev–Trinajstić information content (AvgIpc) is 2.53. The van der Waals surface area contributed by atoms with Crippen molar-refractivity contribution in [1.29, 1.82) is 0 Å². The van der Waals surface area contributed by atoms with E-state index in [0.717, 1.165) is 11.1 Å². The van der Waals surface area contributed by atoms with Crippen molar-refractivity contribution in [1.82, 2.24) is 0 Å². The molecule has 0 saturated heterocycles. The molecular formula is C17H20N2O4S2. The second-order valence-corrected chi connectivity index (χ2v) is 9.79. The van der Waals surface area contributed by atoms with Gasteiger partial charge in [0, 0.05) is 12.2 Å². The van der Waals surface area contributed by atoms with E-state index < -0.39 is 20.0 Å². The molecular weight excluding hydrogens is 360 g/mol. The summed E-state index contributed by atoms with van der Waals surface area (Å²) in [6.07, 6.45) is 2.59. The minimum atomic E-state index is -3.69. The Morgan fingerprint density at radius 1 is 1.04 bits per heavy atom. The summed E-state index contributed by atoms with van der Waals surface area (Å²) in [5.74, 6) is 0. The molecule has 1 heterocycles. The Balaban J connectivity index is 1.93. The molecule has 0 atom stereocenters. The highest BCUT2D eigenvalue weighted by Crippen LogP contribution is 2.32. The average molecular weight is 380 g/mol. The van der Waals surface area contributed by atoms with Crippen molar-refractivity contribution in [2.24, 2.45) is 0 Å². The van der Waals surface area contributed by atoms with Crippen molar-refractivity contribution in [3.05, 3.63) is 53.6 Å². The van der Waals surface area contributed by atoms with Gasteiger partial charge in [-0.3, -0.25) is 9.03 Å². The summed E-state index contributed by atoms with van der Waals surface area (Å²) < 4.78 is 52.8. The van der Waals surface area contributed by atoms with Crippen molar-refractivity contribution >= 4 is 31.4 Å². The first-order chi connectivity index (χ1) is 11.7. The normalized spacial score (nSPS) is 14.9. The first-order valence-electron chi connectivity index (χ1n) is 7.87. The van der Waals surface area contributed by atoms with Gasteiger partial charge in [0.1, 0.15) is 0 Å². The number of aryl methyl sites for hydroxylation is 2. The monoisotopic (exact) mass is 380 g/mol. The van der Waals surface area contributed by atoms with E-state index in [1.807, 2.05) is 13.0 Å². The number of nitrogens with one attached hydrogen (secondary N) is 1. The number of hydrogen-bond acceptors (Lipinski definition) is 4. The van der Waals surface area contributed by atoms with Gasteiger partial charge in [-0.1, -0.05) is 12.1 Å². The Labute approximate surface area is 148 Å². The third-order valence-corrected chi connectivity index (χ3v) is 6.67. The largest absolute Gasteiger partial charge is 0.280 e. The Kier molecular flexibility index (Phi) is 4.51. The first kappa shape index (κ1) is 17.8. The molecule has 0 spiro atoms. The van der Waals surface area contributed by atoms with Gasteiger partial charge in [-0.05, 0) is 61.2 Å². The van der Waals surface area contributed by atoms with Gasteiger partial charge in [-0.2, -0.15) is 0 Å². The number of benzene rings is 2. The summed E-state index contributed by atoms with van der Waals surface area (Å²) in [4.78, 5) is 0.197. The zero-order chi connectivity index (χ0) is 18.2. The van der Waals surface area contributed by atoms with Crippen LogP contribution in [0.15, 0.2) is 47.4 Å². The van der Waals surface area contributed by atoms with Crippen LogP contribution in [0.1, 0.15) is 17.5 Å². The van der Waals surface area contributed by atoms with E-state index in [1.165, 1.54) is 10.6 Å². The topological polar surface area (TPSA) is 83.6 Å². The number of anilines is 2. The Morgan fingerprint density at radius 2 is 1.80 bits per heavy atom. The van der Waals surface area contributed by atoms with Crippen LogP contribution in [-0.2, 0) is 26.5 Å². The number of fused-ring (bicyclic) bond motifs is 1. The summed E-state index contributed by atoms with van der Waals surface area (Å²) in [6.45, 7) is 2.28. The van der Waals surface area contributed by atoms with Crippen LogP contribution in [0.3, 0.4) is 0 Å². The Morgan fingerprint density at radius 3 is 2.48 bits per heavy atom. The molecule has 1 N–H and O–H groups in total. The lowest BCUT2D eigenvalue weighted by Crippen LogP contribution is -2.34. The van der Waals surface area contributed by atoms with Crippen LogP contribution in [0.5, 0.6) is 0 Å². The van der Waals surface area contributed by atoms with Crippen molar-refractivity contribution in [3.8, 4) is 0 Å². The maximum absolute atomic E-state index is 12.5. The standard InChI is InChI=1S/C17H20N2O4S2/c1-13-5-3-7-16(11-13)25(22,23)18-15-8-9-17-14(12-15)6-4-10-19(17)24(2,20)21/h3,5,7-9,11-12,18H,4,6,10H2,1-2H3. The second kappa shape index (κ2) is 6.34. The summed E-state index contributed by atoms with van der Waals surface area (Å²) >= 11 is 0. The third-order valence-electron chi connectivity index (χ3n) is 4.11. The predicted molar refractivity (Wildman–Crippen MR) is 98.9 cm³/mol. The smallest absolute Gasteiger partial charge is 0.261 e. The Bertz CT molecular complexity index is 1010. The fraction of sp³-hybridized carbons (Fsp3) is 0.294. The lowest BCUT2D eigenvalue weighted by molar-refractivity contribution is 0.592. The van der Waals surface area contributed by atoms with E-state index >= 15 is 0 Å². The molecule has 0 aromatic heterocycles. The molecule has 0 amide bonds. The molecule has 0 bridgehead atoms. The molecule has 2 aromatic carbocycles. The number of hydrogen-bond donors (Lipinski definition) is 1. The molecule has 1 aliphatic rings. The first-order valence-corrected chi connectivity index (χ1v) is 11.2. The van der Waals surface area contributed by atoms with Gasteiger partial charge < -0.3 is 0 Å². The fourth-order valence-corrected chi connectivity index (χ4v) is 5.12. The van der Waals surface area contributed by atoms with Crippen molar-refractivity contribution < 1.29 is 16.8 Å². The van der Waals surface area contributed by atoms with Gasteiger partial charge in [0.15, 0.2) is 0 Å². The number of nitrogens with zero attached hydrogens (tertiary/aromatic N) is 1. The van der Waals surface area contributed by atoms with E-state index in [9.17, 15) is 16.8 Å². The minimum absolute atomic E-state index is 0.197. The van der Waals surface area contributed by atoms with E-state index in [0.29, 0.717) is 30.8 Å². The molecule has 0 fully saturated rings. The summed E-state index contributed by atoms with van der Waals surface area (Å²) in [5, 5.41) is 0. The molecule has 134 valence electrons. The molecule has 3 rings (SSSR count). The van der Waals surface area contributed by atoms with E-state index in [-0.39, 0.29) is 4.90 Å². The molecule has 0 aliphatic carbocycles. The summed E-state index contributed by atoms with van der Waals surface area (Å²) in [7, 11) is -7.03. The lowest BCUT2D eigenvalue weighted by Gasteiger charge is -2.29. The van der Waals surface area contributed by atoms with Gasteiger partial charge in [0.25, 0.3) is 10.0 Å². The molecule has 6 nitrogen and oxygen atoms in total. The third kappa shape index (κ3) is 3.80. The van der Waals surface area contributed by atoms with Crippen LogP contribution in [0.4, 0.5) is 11.4 Å². The van der Waals surface area contributed by atoms with Gasteiger partial charge in [0.05, 0.1) is 16.8 Å². The second-order valence-electron chi connectivity index (χ2n) is 6.20. The summed E-state index contributed by atoms with van der Waals surface area (Å²) in [6, 6.07) is 11.6. The SMILES string of the molecule is Cc1cccc(S(=O)(=O)Nc2ccc3c(c2)CCCN3S(C)(=O)=O)c1. The maximum Gasteiger partial charge on any atom is 0.261 e. The predicted octanol–water partition coefficient (Wildman–Crippen LogP) is 2.51. The molecule has 25 heavy (non-hydrogen) atoms. The Hall–Kier alpha value is -2.06. The maximum atomic E-state index is 12.5.